The van der Waals surface area contributed by atoms with E-state index in [1.165, 1.54) is 0 Å². The summed E-state index contributed by atoms with van der Waals surface area (Å²) < 4.78 is 18.1. The molecule has 0 fully saturated rings. The van der Waals surface area contributed by atoms with Gasteiger partial charge >= 0.3 is 6.09 Å². The predicted molar refractivity (Wildman–Crippen MR) is 130 cm³/mol. The number of aryl methyl sites for hydroxylation is 1. The third-order valence-corrected chi connectivity index (χ3v) is 7.52. The molecule has 0 aliphatic rings. The van der Waals surface area contributed by atoms with Gasteiger partial charge in [0.05, 0.1) is 33.5 Å². The number of benzene rings is 3. The van der Waals surface area contributed by atoms with E-state index >= 15 is 0 Å². The van der Waals surface area contributed by atoms with Crippen LogP contribution in [0.1, 0.15) is 22.7 Å². The van der Waals surface area contributed by atoms with Crippen LogP contribution in [0, 0.1) is 6.92 Å². The number of ether oxygens (including phenoxy) is 1. The lowest BCUT2D eigenvalue weighted by Gasteiger charge is -2.27. The van der Waals surface area contributed by atoms with Gasteiger partial charge in [0, 0.05) is 4.90 Å². The molecule has 32 heavy (non-hydrogen) atoms. The highest BCUT2D eigenvalue weighted by molar-refractivity contribution is 9.09. The highest BCUT2D eigenvalue weighted by Crippen LogP contribution is 2.27. The normalized spacial score (nSPS) is 14.7. The van der Waals surface area contributed by atoms with Crippen molar-refractivity contribution in [3.8, 4) is 0 Å². The molecular weight excluding hydrogens is 490 g/mol. The third-order valence-electron chi connectivity index (χ3n) is 4.94. The first-order valence-electron chi connectivity index (χ1n) is 10.2. The summed E-state index contributed by atoms with van der Waals surface area (Å²) in [5, 5.41) is 13.7. The SMILES string of the molecule is Cc1ccc([S@@](=O)C[C@@H](O)[C@H](Br)[C@@H](NC(=O)OCc2ccccc2)c2ccccc2)cc1. The minimum atomic E-state index is -1.38. The molecule has 5 nitrogen and oxygen atoms in total. The third kappa shape index (κ3) is 7.02. The number of alkyl carbamates (subject to hydrolysis) is 1. The van der Waals surface area contributed by atoms with Gasteiger partial charge in [0.2, 0.25) is 0 Å². The van der Waals surface area contributed by atoms with Crippen molar-refractivity contribution < 1.29 is 18.8 Å². The summed E-state index contributed by atoms with van der Waals surface area (Å²) in [6, 6.07) is 25.5. The summed E-state index contributed by atoms with van der Waals surface area (Å²) in [7, 11) is -1.38. The zero-order valence-corrected chi connectivity index (χ0v) is 20.1. The number of hydrogen-bond acceptors (Lipinski definition) is 4. The van der Waals surface area contributed by atoms with Crippen molar-refractivity contribution in [1.29, 1.82) is 0 Å². The van der Waals surface area contributed by atoms with Gasteiger partial charge in [-0.1, -0.05) is 94.3 Å². The van der Waals surface area contributed by atoms with E-state index in [0.717, 1.165) is 16.7 Å². The van der Waals surface area contributed by atoms with E-state index in [-0.39, 0.29) is 12.4 Å². The fourth-order valence-electron chi connectivity index (χ4n) is 3.15. The van der Waals surface area contributed by atoms with Crippen LogP contribution in [-0.4, -0.2) is 32.1 Å². The summed E-state index contributed by atoms with van der Waals surface area (Å²) in [6.45, 7) is 2.10. The molecule has 3 rings (SSSR count). The van der Waals surface area contributed by atoms with E-state index in [0.29, 0.717) is 4.90 Å². The second-order valence-corrected chi connectivity index (χ2v) is 9.98. The van der Waals surface area contributed by atoms with Gasteiger partial charge in [-0.3, -0.25) is 4.21 Å². The summed E-state index contributed by atoms with van der Waals surface area (Å²) in [4.78, 5) is 12.6. The first-order valence-corrected chi connectivity index (χ1v) is 12.5. The second-order valence-electron chi connectivity index (χ2n) is 7.43. The highest BCUT2D eigenvalue weighted by Gasteiger charge is 2.30. The molecule has 168 valence electrons. The summed E-state index contributed by atoms with van der Waals surface area (Å²) in [6.07, 6.45) is -1.57. The van der Waals surface area contributed by atoms with Gasteiger partial charge in [-0.25, -0.2) is 4.79 Å². The number of rotatable bonds is 9. The van der Waals surface area contributed by atoms with Crippen molar-refractivity contribution in [3.63, 3.8) is 0 Å². The van der Waals surface area contributed by atoms with E-state index in [2.05, 4.69) is 21.2 Å². The Morgan fingerprint density at radius 1 is 1.00 bits per heavy atom. The number of hydrogen-bond donors (Lipinski definition) is 2. The Morgan fingerprint density at radius 2 is 1.59 bits per heavy atom. The molecule has 4 atom stereocenters. The summed E-state index contributed by atoms with van der Waals surface area (Å²) in [5.74, 6) is 0.0308. The maximum absolute atomic E-state index is 12.7. The molecular formula is C25H26BrNO4S. The Labute approximate surface area is 199 Å². The average molecular weight is 516 g/mol. The Hall–Kier alpha value is -2.48. The van der Waals surface area contributed by atoms with Crippen LogP contribution < -0.4 is 5.32 Å². The molecule has 0 aromatic heterocycles. The van der Waals surface area contributed by atoms with Crippen molar-refractivity contribution in [1.82, 2.24) is 5.32 Å². The molecule has 0 saturated heterocycles. The van der Waals surface area contributed by atoms with Crippen molar-refractivity contribution in [2.75, 3.05) is 5.75 Å². The maximum atomic E-state index is 12.7. The van der Waals surface area contributed by atoms with Crippen molar-refractivity contribution >= 4 is 32.8 Å². The highest BCUT2D eigenvalue weighted by atomic mass is 79.9. The topological polar surface area (TPSA) is 75.6 Å². The van der Waals surface area contributed by atoms with E-state index in [9.17, 15) is 14.1 Å². The van der Waals surface area contributed by atoms with Gasteiger partial charge in [-0.15, -0.1) is 0 Å². The van der Waals surface area contributed by atoms with Crippen LogP contribution in [0.15, 0.2) is 89.8 Å². The Balaban J connectivity index is 1.67. The van der Waals surface area contributed by atoms with Gasteiger partial charge in [0.25, 0.3) is 0 Å². The molecule has 0 radical (unpaired) electrons. The summed E-state index contributed by atoms with van der Waals surface area (Å²) >= 11 is 3.53. The minimum absolute atomic E-state index is 0.0308. The number of carbonyl (C=O) groups is 1. The number of nitrogens with one attached hydrogen (secondary N) is 1. The van der Waals surface area contributed by atoms with E-state index in [1.54, 1.807) is 12.1 Å². The second kappa shape index (κ2) is 11.9. The molecule has 7 heteroatoms. The van der Waals surface area contributed by atoms with Crippen molar-refractivity contribution in [2.24, 2.45) is 0 Å². The van der Waals surface area contributed by atoms with Crippen LogP contribution in [0.3, 0.4) is 0 Å². The number of aliphatic hydroxyl groups is 1. The fourth-order valence-corrected chi connectivity index (χ4v) is 5.18. The first kappa shape index (κ1) is 24.2. The van der Waals surface area contributed by atoms with Crippen LogP contribution in [0.4, 0.5) is 4.79 Å². The van der Waals surface area contributed by atoms with Crippen LogP contribution >= 0.6 is 15.9 Å². The molecule has 0 spiro atoms. The lowest BCUT2D eigenvalue weighted by atomic mass is 10.0. The molecule has 0 saturated carbocycles. The average Bonchev–Trinajstić information content (AvgIpc) is 2.82. The number of carbonyl (C=O) groups excluding carboxylic acids is 1. The van der Waals surface area contributed by atoms with Crippen molar-refractivity contribution in [3.05, 3.63) is 102 Å². The van der Waals surface area contributed by atoms with Gasteiger partial charge in [0.1, 0.15) is 6.61 Å². The Bertz CT molecular complexity index is 1020. The van der Waals surface area contributed by atoms with E-state index in [4.69, 9.17) is 4.74 Å². The maximum Gasteiger partial charge on any atom is 0.407 e. The van der Waals surface area contributed by atoms with Gasteiger partial charge in [-0.05, 0) is 30.2 Å². The van der Waals surface area contributed by atoms with Gasteiger partial charge in [0.15, 0.2) is 0 Å². The lowest BCUT2D eigenvalue weighted by Crippen LogP contribution is -2.41. The molecule has 1 amide bonds. The summed E-state index contributed by atoms with van der Waals surface area (Å²) in [5.41, 5.74) is 2.75. The first-order chi connectivity index (χ1) is 15.4. The van der Waals surface area contributed by atoms with Crippen molar-refractivity contribution in [2.45, 2.75) is 35.4 Å². The monoisotopic (exact) mass is 515 g/mol. The molecule has 2 N–H and O–H groups in total. The number of halogens is 1. The van der Waals surface area contributed by atoms with E-state index in [1.807, 2.05) is 79.7 Å². The largest absolute Gasteiger partial charge is 0.445 e. The predicted octanol–water partition coefficient (Wildman–Crippen LogP) is 4.89. The molecule has 0 aliphatic carbocycles. The van der Waals surface area contributed by atoms with E-state index < -0.39 is 33.9 Å². The molecule has 3 aromatic rings. The van der Waals surface area contributed by atoms with Crippen LogP contribution in [0.5, 0.6) is 0 Å². The zero-order valence-electron chi connectivity index (χ0n) is 17.7. The molecule has 0 heterocycles. The number of aliphatic hydroxyl groups excluding tert-OH is 1. The van der Waals surface area contributed by atoms with Gasteiger partial charge in [-0.2, -0.15) is 0 Å². The van der Waals surface area contributed by atoms with Crippen LogP contribution in [-0.2, 0) is 22.1 Å². The van der Waals surface area contributed by atoms with Crippen LogP contribution in [0.2, 0.25) is 0 Å². The molecule has 3 aromatic carbocycles. The zero-order chi connectivity index (χ0) is 22.9. The standard InChI is InChI=1S/C25H26BrNO4S/c1-18-12-14-21(15-13-18)32(30)17-22(28)23(26)24(20-10-6-3-7-11-20)27-25(29)31-16-19-8-4-2-5-9-19/h2-15,22-24,28H,16-17H2,1H3,(H,27,29)/t22-,23+,24+,32+/m1/s1. The molecule has 0 bridgehead atoms. The quantitative estimate of drug-likeness (QED) is 0.397. The molecule has 0 unspecified atom stereocenters. The minimum Gasteiger partial charge on any atom is -0.445 e. The van der Waals surface area contributed by atoms with Gasteiger partial charge < -0.3 is 15.2 Å². The Kier molecular flexibility index (Phi) is 9.02. The fraction of sp³-hybridized carbons (Fsp3) is 0.240. The smallest absolute Gasteiger partial charge is 0.407 e. The van der Waals surface area contributed by atoms with Crippen LogP contribution in [0.25, 0.3) is 0 Å². The molecule has 0 aliphatic heterocycles. The Morgan fingerprint density at radius 3 is 2.22 bits per heavy atom. The number of alkyl halides is 1. The lowest BCUT2D eigenvalue weighted by molar-refractivity contribution is 0.129. The number of amides is 1.